The molecule has 58 heavy (non-hydrogen) atoms. The van der Waals surface area contributed by atoms with E-state index in [1.165, 1.54) is 21.6 Å². The first kappa shape index (κ1) is 40.4. The Labute approximate surface area is 340 Å². The highest BCUT2D eigenvalue weighted by atomic mass is 32.2. The van der Waals surface area contributed by atoms with Gasteiger partial charge in [-0.05, 0) is 80.2 Å². The van der Waals surface area contributed by atoms with Crippen LogP contribution in [-0.4, -0.2) is 105 Å². The van der Waals surface area contributed by atoms with Gasteiger partial charge in [-0.25, -0.2) is 4.98 Å². The number of para-hydroxylation sites is 2. The third kappa shape index (κ3) is 9.02. The van der Waals surface area contributed by atoms with Crippen molar-refractivity contribution in [2.75, 3.05) is 38.3 Å². The molecule has 7 amide bonds. The number of carbonyl (C=O) groups excluding carboxylic acids is 7. The fraction of sp³-hybridized carbons (Fsp3) is 0.333. The topological polar surface area (TPSA) is 211 Å². The number of benzene rings is 2. The fourth-order valence-electron chi connectivity index (χ4n) is 6.63. The average Bonchev–Trinajstić information content (AvgIpc) is 3.94. The minimum absolute atomic E-state index is 0.0231. The van der Waals surface area contributed by atoms with Gasteiger partial charge in [0, 0.05) is 48.4 Å². The van der Waals surface area contributed by atoms with Gasteiger partial charge in [0.2, 0.25) is 23.6 Å². The number of aromatic nitrogens is 2. The number of imidazole rings is 1. The minimum Gasteiger partial charge on any atom is -0.450 e. The molecule has 19 heteroatoms. The van der Waals surface area contributed by atoms with Crippen molar-refractivity contribution in [3.05, 3.63) is 76.4 Å². The van der Waals surface area contributed by atoms with Gasteiger partial charge in [0.1, 0.15) is 25.0 Å². The molecule has 1 unspecified atom stereocenters. The molecule has 0 radical (unpaired) electrons. The summed E-state index contributed by atoms with van der Waals surface area (Å²) in [4.78, 5) is 95.2. The fourth-order valence-corrected chi connectivity index (χ4v) is 8.44. The van der Waals surface area contributed by atoms with Gasteiger partial charge in [-0.1, -0.05) is 18.2 Å². The predicted octanol–water partition coefficient (Wildman–Crippen LogP) is 3.77. The van der Waals surface area contributed by atoms with Crippen molar-refractivity contribution in [2.24, 2.45) is 0 Å². The van der Waals surface area contributed by atoms with E-state index in [2.05, 4.69) is 16.0 Å². The first-order valence-electron chi connectivity index (χ1n) is 18.5. The summed E-state index contributed by atoms with van der Waals surface area (Å²) in [5.74, 6) is -1.87. The molecule has 0 spiro atoms. The molecule has 2 fully saturated rings. The highest BCUT2D eigenvalue weighted by Gasteiger charge is 2.40. The van der Waals surface area contributed by atoms with Crippen LogP contribution in [0, 0.1) is 0 Å². The van der Waals surface area contributed by atoms with E-state index in [0.29, 0.717) is 38.3 Å². The van der Waals surface area contributed by atoms with Crippen molar-refractivity contribution < 1.29 is 47.5 Å². The van der Waals surface area contributed by atoms with E-state index in [4.69, 9.17) is 18.9 Å². The first-order chi connectivity index (χ1) is 28.0. The maximum atomic E-state index is 13.0. The summed E-state index contributed by atoms with van der Waals surface area (Å²) in [6.07, 6.45) is 1.93. The van der Waals surface area contributed by atoms with Crippen molar-refractivity contribution in [3.8, 4) is 0 Å². The maximum absolute atomic E-state index is 13.0. The number of fused-ring (bicyclic) bond motifs is 2. The van der Waals surface area contributed by atoms with Gasteiger partial charge in [0.15, 0.2) is 10.2 Å². The van der Waals surface area contributed by atoms with Crippen LogP contribution in [0.15, 0.2) is 74.2 Å². The number of nitrogens with one attached hydrogen (secondary N) is 3. The highest BCUT2D eigenvalue weighted by Crippen LogP contribution is 2.36. The third-order valence-electron chi connectivity index (χ3n) is 9.36. The Balaban J connectivity index is 0.834. The Morgan fingerprint density at radius 1 is 1.00 bits per heavy atom. The lowest BCUT2D eigenvalue weighted by molar-refractivity contribution is -0.137. The second-order valence-corrected chi connectivity index (χ2v) is 15.6. The Morgan fingerprint density at radius 3 is 2.60 bits per heavy atom. The number of imide groups is 2. The molecule has 3 N–H and O–H groups in total. The number of piperidine rings is 1. The van der Waals surface area contributed by atoms with Crippen molar-refractivity contribution in [2.45, 2.75) is 62.1 Å². The quantitative estimate of drug-likeness (QED) is 0.0835. The average molecular weight is 830 g/mol. The van der Waals surface area contributed by atoms with E-state index in [1.54, 1.807) is 54.8 Å². The zero-order valence-electron chi connectivity index (χ0n) is 31.5. The molecule has 3 aliphatic rings. The summed E-state index contributed by atoms with van der Waals surface area (Å²) in [5.41, 5.74) is 2.86. The van der Waals surface area contributed by atoms with Crippen LogP contribution in [0.4, 0.5) is 10.5 Å². The molecule has 3 aliphatic heterocycles. The molecule has 5 heterocycles. The molecule has 1 atom stereocenters. The van der Waals surface area contributed by atoms with Gasteiger partial charge in [0.05, 0.1) is 35.8 Å². The highest BCUT2D eigenvalue weighted by molar-refractivity contribution is 8.18. The van der Waals surface area contributed by atoms with Gasteiger partial charge in [-0.15, -0.1) is 0 Å². The number of hydrogen-bond acceptors (Lipinski definition) is 13. The normalized spacial score (nSPS) is 17.5. The lowest BCUT2D eigenvalue weighted by atomic mass is 10.0. The molecule has 2 aromatic carbocycles. The van der Waals surface area contributed by atoms with Crippen molar-refractivity contribution in [1.82, 2.24) is 30.0 Å². The van der Waals surface area contributed by atoms with E-state index in [1.807, 2.05) is 24.3 Å². The molecule has 0 aliphatic carbocycles. The molecule has 17 nitrogen and oxygen atoms in total. The summed E-state index contributed by atoms with van der Waals surface area (Å²) in [6, 6.07) is 14.8. The van der Waals surface area contributed by atoms with Crippen LogP contribution in [0.1, 0.15) is 48.4 Å². The minimum atomic E-state index is -0.761. The Hall–Kier alpha value is -5.76. The molecule has 2 saturated heterocycles. The second kappa shape index (κ2) is 17.8. The lowest BCUT2D eigenvalue weighted by Gasteiger charge is -2.29. The maximum Gasteiger partial charge on any atom is 0.293 e. The number of nitrogens with zero attached hydrogens (tertiary/aromatic N) is 4. The molecule has 7 rings (SSSR count). The summed E-state index contributed by atoms with van der Waals surface area (Å²) in [7, 11) is 0. The number of thioether (sulfide) groups is 1. The SMILES string of the molecule is CC(C)N1C(=O)S/C(=C\c2ccc(Sc3nc4ccccc4n3CC(=O)NCCOCCOCC(=O)Nc3cccc4c3CN(C3CCC(=O)NC3=O)C4=O)o2)C1=O. The van der Waals surface area contributed by atoms with Crippen LogP contribution < -0.4 is 16.0 Å². The van der Waals surface area contributed by atoms with Gasteiger partial charge in [-0.3, -0.25) is 43.8 Å². The van der Waals surface area contributed by atoms with Crippen molar-refractivity contribution in [3.63, 3.8) is 0 Å². The number of furan rings is 1. The van der Waals surface area contributed by atoms with E-state index < -0.39 is 17.9 Å². The summed E-state index contributed by atoms with van der Waals surface area (Å²) in [5, 5.41) is 8.57. The molecule has 4 aromatic rings. The standard InChI is InChI=1S/C39H39N7O10S2/c1-22(2)46-37(52)30(57-39(46)53)18-23-10-13-34(56-23)58-38-42-27-7-3-4-9-28(27)45(38)20-32(48)40-14-15-54-16-17-55-21-33(49)41-26-8-5-6-24-25(26)19-44(36(24)51)29-11-12-31(47)43-35(29)50/h3-10,13,18,22,29H,11-12,14-17,19-21H2,1-2H3,(H,40,48)(H,41,49)(H,43,47,50)/b30-18-. The number of carbonyl (C=O) groups is 7. The van der Waals surface area contributed by atoms with Crippen LogP contribution in [0.5, 0.6) is 0 Å². The molecule has 0 bridgehead atoms. The lowest BCUT2D eigenvalue weighted by Crippen LogP contribution is -2.52. The van der Waals surface area contributed by atoms with Gasteiger partial charge >= 0.3 is 0 Å². The molecular weight excluding hydrogens is 791 g/mol. The van der Waals surface area contributed by atoms with Crippen LogP contribution in [-0.2, 0) is 46.5 Å². The van der Waals surface area contributed by atoms with E-state index in [0.717, 1.165) is 17.3 Å². The predicted molar refractivity (Wildman–Crippen MR) is 211 cm³/mol. The van der Waals surface area contributed by atoms with E-state index >= 15 is 0 Å². The summed E-state index contributed by atoms with van der Waals surface area (Å²) < 4.78 is 18.8. The van der Waals surface area contributed by atoms with Gasteiger partial charge in [-0.2, -0.15) is 0 Å². The molecular formula is C39H39N7O10S2. The number of anilines is 1. The molecule has 0 saturated carbocycles. The Kier molecular flexibility index (Phi) is 12.4. The third-order valence-corrected chi connectivity index (χ3v) is 11.2. The van der Waals surface area contributed by atoms with Crippen LogP contribution in [0.2, 0.25) is 0 Å². The largest absolute Gasteiger partial charge is 0.450 e. The first-order valence-corrected chi connectivity index (χ1v) is 20.1. The van der Waals surface area contributed by atoms with Crippen LogP contribution in [0.3, 0.4) is 0 Å². The van der Waals surface area contributed by atoms with Gasteiger partial charge < -0.3 is 34.0 Å². The summed E-state index contributed by atoms with van der Waals surface area (Å²) in [6.45, 7) is 4.11. The smallest absolute Gasteiger partial charge is 0.293 e. The number of ether oxygens (including phenoxy) is 2. The van der Waals surface area contributed by atoms with Gasteiger partial charge in [0.25, 0.3) is 17.1 Å². The zero-order valence-corrected chi connectivity index (χ0v) is 33.1. The van der Waals surface area contributed by atoms with Crippen molar-refractivity contribution in [1.29, 1.82) is 0 Å². The van der Waals surface area contributed by atoms with Crippen LogP contribution in [0.25, 0.3) is 17.1 Å². The molecule has 302 valence electrons. The Bertz CT molecular complexity index is 2340. The molecule has 2 aromatic heterocycles. The zero-order chi connectivity index (χ0) is 40.9. The number of hydrogen-bond donors (Lipinski definition) is 3. The van der Waals surface area contributed by atoms with E-state index in [9.17, 15) is 33.6 Å². The van der Waals surface area contributed by atoms with E-state index in [-0.39, 0.29) is 98.7 Å². The second-order valence-electron chi connectivity index (χ2n) is 13.7. The number of amides is 7. The summed E-state index contributed by atoms with van der Waals surface area (Å²) >= 11 is 2.09. The monoisotopic (exact) mass is 829 g/mol. The Morgan fingerprint density at radius 2 is 1.81 bits per heavy atom. The number of rotatable bonds is 16. The van der Waals surface area contributed by atoms with Crippen molar-refractivity contribution >= 4 is 87.0 Å². The van der Waals surface area contributed by atoms with Crippen LogP contribution >= 0.6 is 23.5 Å².